The minimum Gasteiger partial charge on any atom is -0.292 e. The Balaban J connectivity index is 2.03. The lowest BCUT2D eigenvalue weighted by Gasteiger charge is -2.20. The Bertz CT molecular complexity index is 1640. The smallest absolute Gasteiger partial charge is 0.145 e. The van der Waals surface area contributed by atoms with E-state index in [0.29, 0.717) is 16.9 Å². The number of nitrogens with zero attached hydrogens (tertiary/aromatic N) is 2. The molecule has 144 valence electrons. The van der Waals surface area contributed by atoms with Crippen LogP contribution in [-0.2, 0) is 0 Å². The summed E-state index contributed by atoms with van der Waals surface area (Å²) >= 11 is 0. The standard InChI is InChI=1S/C27H26N2/c1-17(2)19-13-9-14-20(18(3)4)26(19)25-16-28-27-23-12-6-5-10-21(23)22-11-7-8-15-24(22)29(25)27/h5-18H,1-4H3/i1D3,2D3,17D,18D. The predicted molar refractivity (Wildman–Crippen MR) is 124 cm³/mol. The van der Waals surface area contributed by atoms with Gasteiger partial charge in [-0.3, -0.25) is 4.40 Å². The quantitative estimate of drug-likeness (QED) is 0.292. The third-order valence-electron chi connectivity index (χ3n) is 5.49. The molecule has 0 amide bonds. The molecule has 0 atom stereocenters. The second-order valence-corrected chi connectivity index (χ2v) is 7.47. The molecule has 0 spiro atoms. The Morgan fingerprint density at radius 1 is 0.793 bits per heavy atom. The van der Waals surface area contributed by atoms with Crippen molar-refractivity contribution in [2.24, 2.45) is 0 Å². The molecule has 2 heteroatoms. The molecule has 0 radical (unpaired) electrons. The maximum Gasteiger partial charge on any atom is 0.145 e. The minimum absolute atomic E-state index is 0.177. The third-order valence-corrected chi connectivity index (χ3v) is 5.49. The van der Waals surface area contributed by atoms with Gasteiger partial charge in [0.2, 0.25) is 0 Å². The first-order chi connectivity index (χ1) is 17.2. The predicted octanol–water partition coefficient (Wildman–Crippen LogP) is 7.55. The molecule has 5 rings (SSSR count). The van der Waals surface area contributed by atoms with Gasteiger partial charge in [0.25, 0.3) is 0 Å². The Kier molecular flexibility index (Phi) is 2.59. The van der Waals surface area contributed by atoms with Gasteiger partial charge in [-0.25, -0.2) is 4.98 Å². The number of fused-ring (bicyclic) bond motifs is 6. The van der Waals surface area contributed by atoms with E-state index in [1.165, 1.54) is 12.1 Å². The molecular formula is C27H26N2. The monoisotopic (exact) mass is 386 g/mol. The van der Waals surface area contributed by atoms with Crippen LogP contribution >= 0.6 is 0 Å². The van der Waals surface area contributed by atoms with E-state index in [2.05, 4.69) is 0 Å². The molecule has 2 nitrogen and oxygen atoms in total. The first-order valence-corrected chi connectivity index (χ1v) is 9.59. The van der Waals surface area contributed by atoms with E-state index in [1.54, 1.807) is 26.1 Å². The number of para-hydroxylation sites is 1. The lowest BCUT2D eigenvalue weighted by molar-refractivity contribution is 0.836. The fourth-order valence-corrected chi connectivity index (χ4v) is 4.22. The SMILES string of the molecule is [2H]C(C)(C)c1cccc(C([2H])(C([2H])([2H])[2H])C([2H])([2H])[2H])c1-c1cnc2c3ccccc3c3ccccc3n12. The van der Waals surface area contributed by atoms with Crippen molar-refractivity contribution in [2.45, 2.75) is 39.3 Å². The van der Waals surface area contributed by atoms with Gasteiger partial charge in [-0.05, 0) is 34.4 Å². The number of rotatable bonds is 3. The maximum atomic E-state index is 9.00. The summed E-state index contributed by atoms with van der Waals surface area (Å²) in [5.41, 5.74) is 2.32. The van der Waals surface area contributed by atoms with Crippen LogP contribution in [0.2, 0.25) is 0 Å². The minimum atomic E-state index is -3.17. The van der Waals surface area contributed by atoms with Gasteiger partial charge in [0.05, 0.1) is 17.4 Å². The van der Waals surface area contributed by atoms with E-state index in [1.807, 2.05) is 52.9 Å². The summed E-state index contributed by atoms with van der Waals surface area (Å²) in [6.45, 7) is -3.04. The van der Waals surface area contributed by atoms with Gasteiger partial charge in [-0.1, -0.05) is 88.2 Å². The summed E-state index contributed by atoms with van der Waals surface area (Å²) < 4.78 is 68.6. The highest BCUT2D eigenvalue weighted by atomic mass is 15.0. The molecule has 29 heavy (non-hydrogen) atoms. The van der Waals surface area contributed by atoms with Crippen molar-refractivity contribution < 1.29 is 11.0 Å². The average Bonchev–Trinajstić information content (AvgIpc) is 3.26. The molecule has 0 fully saturated rings. The van der Waals surface area contributed by atoms with Crippen molar-refractivity contribution in [3.63, 3.8) is 0 Å². The van der Waals surface area contributed by atoms with Gasteiger partial charge >= 0.3 is 0 Å². The molecule has 0 N–H and O–H groups in total. The summed E-state index contributed by atoms with van der Waals surface area (Å²) in [5.74, 6) is -4.17. The van der Waals surface area contributed by atoms with Crippen LogP contribution < -0.4 is 0 Å². The first kappa shape index (κ1) is 11.2. The van der Waals surface area contributed by atoms with E-state index in [-0.39, 0.29) is 11.1 Å². The van der Waals surface area contributed by atoms with E-state index in [0.717, 1.165) is 21.7 Å². The Morgan fingerprint density at radius 2 is 1.45 bits per heavy atom. The second kappa shape index (κ2) is 6.73. The number of benzene rings is 3. The number of hydrogen-bond donors (Lipinski definition) is 0. The number of pyridine rings is 1. The van der Waals surface area contributed by atoms with E-state index < -0.39 is 25.5 Å². The number of hydrogen-bond acceptors (Lipinski definition) is 1. The Morgan fingerprint density at radius 3 is 2.17 bits per heavy atom. The van der Waals surface area contributed by atoms with Crippen LogP contribution in [0.1, 0.15) is 61.4 Å². The summed E-state index contributed by atoms with van der Waals surface area (Å²) in [4.78, 5) is 4.70. The average molecular weight is 387 g/mol. The van der Waals surface area contributed by atoms with Crippen molar-refractivity contribution in [1.29, 1.82) is 0 Å². The fraction of sp³-hybridized carbons (Fsp3) is 0.222. The number of aromatic nitrogens is 2. The van der Waals surface area contributed by atoms with Crippen molar-refractivity contribution in [3.05, 3.63) is 84.1 Å². The summed E-state index contributed by atoms with van der Waals surface area (Å²) in [6, 6.07) is 20.2. The van der Waals surface area contributed by atoms with Crippen LogP contribution in [0, 0.1) is 0 Å². The van der Waals surface area contributed by atoms with Crippen LogP contribution in [0.4, 0.5) is 0 Å². The summed E-state index contributed by atoms with van der Waals surface area (Å²) in [7, 11) is 0. The van der Waals surface area contributed by atoms with Crippen LogP contribution in [0.25, 0.3) is 38.6 Å². The molecule has 0 aliphatic rings. The van der Waals surface area contributed by atoms with E-state index in [9.17, 15) is 0 Å². The van der Waals surface area contributed by atoms with E-state index in [4.69, 9.17) is 16.0 Å². The first-order valence-electron chi connectivity index (χ1n) is 13.6. The molecule has 2 aromatic heterocycles. The fourth-order valence-electron chi connectivity index (χ4n) is 4.22. The Hall–Kier alpha value is -3.13. The third kappa shape index (κ3) is 2.66. The summed E-state index contributed by atoms with van der Waals surface area (Å²) in [6.07, 6.45) is 1.59. The molecule has 0 aliphatic carbocycles. The second-order valence-electron chi connectivity index (χ2n) is 7.47. The molecule has 0 bridgehead atoms. The highest BCUT2D eigenvalue weighted by Crippen LogP contribution is 2.39. The molecule has 3 aromatic carbocycles. The topological polar surface area (TPSA) is 17.3 Å². The zero-order chi connectivity index (χ0) is 27.0. The van der Waals surface area contributed by atoms with Crippen molar-refractivity contribution >= 4 is 27.3 Å². The highest BCUT2D eigenvalue weighted by Gasteiger charge is 2.20. The molecule has 5 aromatic rings. The van der Waals surface area contributed by atoms with Crippen LogP contribution in [0.15, 0.2) is 72.9 Å². The lowest BCUT2D eigenvalue weighted by Crippen LogP contribution is -2.02. The molecule has 0 unspecified atom stereocenters. The van der Waals surface area contributed by atoms with Crippen molar-refractivity contribution in [1.82, 2.24) is 9.38 Å². The molecule has 0 aliphatic heterocycles. The van der Waals surface area contributed by atoms with E-state index >= 15 is 0 Å². The summed E-state index contributed by atoms with van der Waals surface area (Å²) in [5, 5.41) is 2.81. The maximum absolute atomic E-state index is 9.00. The molecule has 0 saturated heterocycles. The van der Waals surface area contributed by atoms with Crippen LogP contribution in [0.3, 0.4) is 0 Å². The Labute approximate surface area is 183 Å². The number of imidazole rings is 1. The van der Waals surface area contributed by atoms with Crippen molar-refractivity contribution in [3.8, 4) is 11.3 Å². The molecular weight excluding hydrogens is 352 g/mol. The molecule has 0 saturated carbocycles. The molecule has 2 heterocycles. The normalized spacial score (nSPS) is 17.7. The van der Waals surface area contributed by atoms with Crippen LogP contribution in [-0.4, -0.2) is 9.38 Å². The zero-order valence-corrected chi connectivity index (χ0v) is 16.3. The van der Waals surface area contributed by atoms with Gasteiger partial charge < -0.3 is 0 Å². The van der Waals surface area contributed by atoms with Crippen molar-refractivity contribution in [2.75, 3.05) is 0 Å². The van der Waals surface area contributed by atoms with Gasteiger partial charge in [0.15, 0.2) is 0 Å². The van der Waals surface area contributed by atoms with Gasteiger partial charge in [-0.2, -0.15) is 0 Å². The van der Waals surface area contributed by atoms with Gasteiger partial charge in [-0.15, -0.1) is 0 Å². The zero-order valence-electron chi connectivity index (χ0n) is 24.3. The highest BCUT2D eigenvalue weighted by molar-refractivity contribution is 6.12. The van der Waals surface area contributed by atoms with Gasteiger partial charge in [0.1, 0.15) is 5.65 Å². The van der Waals surface area contributed by atoms with Gasteiger partial charge in [0, 0.05) is 27.3 Å². The largest absolute Gasteiger partial charge is 0.292 e. The lowest BCUT2D eigenvalue weighted by atomic mass is 9.87. The van der Waals surface area contributed by atoms with Crippen LogP contribution in [0.5, 0.6) is 0 Å².